The van der Waals surface area contributed by atoms with E-state index in [0.29, 0.717) is 18.7 Å². The molecule has 0 aliphatic heterocycles. The lowest BCUT2D eigenvalue weighted by atomic mass is 10.1. The molecule has 2 heterocycles. The van der Waals surface area contributed by atoms with Gasteiger partial charge in [0.1, 0.15) is 17.3 Å². The lowest BCUT2D eigenvalue weighted by Gasteiger charge is -2.13. The predicted molar refractivity (Wildman–Crippen MR) is 109 cm³/mol. The summed E-state index contributed by atoms with van der Waals surface area (Å²) in [4.78, 5) is 0. The summed E-state index contributed by atoms with van der Waals surface area (Å²) in [6.07, 6.45) is 0.645. The maximum absolute atomic E-state index is 14.6. The van der Waals surface area contributed by atoms with Gasteiger partial charge in [0.2, 0.25) is 0 Å². The molecule has 4 rings (SSSR count). The minimum absolute atomic E-state index is 0.00555. The molecule has 4 aromatic rings. The second kappa shape index (κ2) is 8.55. The summed E-state index contributed by atoms with van der Waals surface area (Å²) < 4.78 is 53.9. The van der Waals surface area contributed by atoms with E-state index < -0.39 is 17.5 Å². The van der Waals surface area contributed by atoms with E-state index in [4.69, 9.17) is 8.83 Å². The Morgan fingerprint density at radius 2 is 1.77 bits per heavy atom. The van der Waals surface area contributed by atoms with E-state index in [0.717, 1.165) is 17.4 Å². The summed E-state index contributed by atoms with van der Waals surface area (Å²) in [5.41, 5.74) is 0.559. The molecule has 2 aromatic carbocycles. The molecule has 0 spiro atoms. The van der Waals surface area contributed by atoms with Crippen molar-refractivity contribution in [3.63, 3.8) is 0 Å². The van der Waals surface area contributed by atoms with Crippen LogP contribution in [0.3, 0.4) is 0 Å². The zero-order valence-electron chi connectivity index (χ0n) is 16.8. The van der Waals surface area contributed by atoms with Gasteiger partial charge in [-0.25, -0.2) is 13.2 Å². The van der Waals surface area contributed by atoms with Crippen molar-refractivity contribution in [1.82, 2.24) is 10.2 Å². The van der Waals surface area contributed by atoms with E-state index >= 15 is 0 Å². The summed E-state index contributed by atoms with van der Waals surface area (Å²) in [6.45, 7) is 4.01. The van der Waals surface area contributed by atoms with Gasteiger partial charge in [0.25, 0.3) is 5.89 Å². The van der Waals surface area contributed by atoms with Crippen LogP contribution in [0.25, 0.3) is 11.5 Å². The van der Waals surface area contributed by atoms with Crippen LogP contribution in [0.15, 0.2) is 51.3 Å². The SMILES string of the molecule is CCc1ccc(Nc2c(-c3nnc(NCc4ccc(C)o4)o3)ccc(F)c2F)c(F)c1. The fraction of sp³-hybridized carbons (Fsp3) is 0.182. The molecule has 6 nitrogen and oxygen atoms in total. The molecule has 0 bridgehead atoms. The monoisotopic (exact) mass is 428 g/mol. The Balaban J connectivity index is 1.62. The number of hydrogen-bond donors (Lipinski definition) is 2. The van der Waals surface area contributed by atoms with Gasteiger partial charge in [0.15, 0.2) is 11.6 Å². The molecule has 31 heavy (non-hydrogen) atoms. The number of aromatic nitrogens is 2. The molecule has 0 radical (unpaired) electrons. The normalized spacial score (nSPS) is 11.0. The zero-order chi connectivity index (χ0) is 22.0. The van der Waals surface area contributed by atoms with Gasteiger partial charge >= 0.3 is 6.01 Å². The Kier molecular flexibility index (Phi) is 5.66. The molecular formula is C22H19F3N4O2. The number of benzene rings is 2. The first-order valence-corrected chi connectivity index (χ1v) is 9.61. The van der Waals surface area contributed by atoms with Crippen molar-refractivity contribution >= 4 is 17.4 Å². The van der Waals surface area contributed by atoms with Crippen LogP contribution in [-0.2, 0) is 13.0 Å². The van der Waals surface area contributed by atoms with Crippen molar-refractivity contribution < 1.29 is 22.0 Å². The maximum Gasteiger partial charge on any atom is 0.316 e. The highest BCUT2D eigenvalue weighted by molar-refractivity contribution is 5.78. The van der Waals surface area contributed by atoms with Crippen LogP contribution >= 0.6 is 0 Å². The topological polar surface area (TPSA) is 76.1 Å². The van der Waals surface area contributed by atoms with Gasteiger partial charge in [-0.05, 0) is 55.3 Å². The van der Waals surface area contributed by atoms with Crippen LogP contribution in [0.2, 0.25) is 0 Å². The second-order valence-corrected chi connectivity index (χ2v) is 6.85. The van der Waals surface area contributed by atoms with E-state index in [2.05, 4.69) is 20.8 Å². The Labute approximate surface area is 176 Å². The summed E-state index contributed by atoms with van der Waals surface area (Å²) in [7, 11) is 0. The highest BCUT2D eigenvalue weighted by Gasteiger charge is 2.20. The van der Waals surface area contributed by atoms with Crippen molar-refractivity contribution in [1.29, 1.82) is 0 Å². The third-order valence-electron chi connectivity index (χ3n) is 4.66. The van der Waals surface area contributed by atoms with Crippen LogP contribution in [0, 0.1) is 24.4 Å². The fourth-order valence-corrected chi connectivity index (χ4v) is 3.01. The van der Waals surface area contributed by atoms with E-state index in [-0.39, 0.29) is 28.8 Å². The predicted octanol–water partition coefficient (Wildman–Crippen LogP) is 5.97. The van der Waals surface area contributed by atoms with Crippen LogP contribution in [0.5, 0.6) is 0 Å². The highest BCUT2D eigenvalue weighted by Crippen LogP contribution is 2.34. The fourth-order valence-electron chi connectivity index (χ4n) is 3.01. The average molecular weight is 428 g/mol. The van der Waals surface area contributed by atoms with Crippen molar-refractivity contribution in [3.8, 4) is 11.5 Å². The molecule has 9 heteroatoms. The van der Waals surface area contributed by atoms with Crippen molar-refractivity contribution in [2.24, 2.45) is 0 Å². The number of nitrogens with zero attached hydrogens (tertiary/aromatic N) is 2. The molecule has 0 unspecified atom stereocenters. The minimum atomic E-state index is -1.18. The Bertz CT molecular complexity index is 1220. The van der Waals surface area contributed by atoms with Gasteiger partial charge in [-0.3, -0.25) is 0 Å². The first kappa shape index (κ1) is 20.5. The molecule has 0 saturated heterocycles. The quantitative estimate of drug-likeness (QED) is 0.378. The molecule has 2 N–H and O–H groups in total. The summed E-state index contributed by atoms with van der Waals surface area (Å²) >= 11 is 0. The largest absolute Gasteiger partial charge is 0.465 e. The van der Waals surface area contributed by atoms with E-state index in [1.54, 1.807) is 12.1 Å². The van der Waals surface area contributed by atoms with Gasteiger partial charge in [-0.2, -0.15) is 0 Å². The summed E-state index contributed by atoms with van der Waals surface area (Å²) in [5.74, 6) is -1.50. The third-order valence-corrected chi connectivity index (χ3v) is 4.66. The number of aryl methyl sites for hydroxylation is 2. The first-order chi connectivity index (χ1) is 14.9. The third kappa shape index (κ3) is 4.40. The first-order valence-electron chi connectivity index (χ1n) is 9.61. The molecule has 0 aliphatic carbocycles. The lowest BCUT2D eigenvalue weighted by molar-refractivity contribution is 0.486. The van der Waals surface area contributed by atoms with E-state index in [9.17, 15) is 13.2 Å². The van der Waals surface area contributed by atoms with Gasteiger partial charge < -0.3 is 19.5 Å². The zero-order valence-corrected chi connectivity index (χ0v) is 16.8. The number of furan rings is 1. The molecule has 0 amide bonds. The standard InChI is InChI=1S/C22H19F3N4O2/c1-3-13-5-9-18(17(24)10-13)27-20-15(7-8-16(23)19(20)25)21-28-29-22(31-21)26-11-14-6-4-12(2)30-14/h4-10,27H,3,11H2,1-2H3,(H,26,29). The van der Waals surface area contributed by atoms with Crippen LogP contribution in [-0.4, -0.2) is 10.2 Å². The number of anilines is 3. The molecule has 0 saturated carbocycles. The average Bonchev–Trinajstić information content (AvgIpc) is 3.40. The molecule has 160 valence electrons. The molecule has 0 atom stereocenters. The van der Waals surface area contributed by atoms with Crippen molar-refractivity contribution in [3.05, 3.63) is 77.0 Å². The summed E-state index contributed by atoms with van der Waals surface area (Å²) in [6, 6.07) is 10.4. The molecule has 0 fully saturated rings. The number of rotatable bonds is 7. The van der Waals surface area contributed by atoms with Crippen molar-refractivity contribution in [2.75, 3.05) is 10.6 Å². The number of halogens is 3. The molecule has 0 aliphatic rings. The summed E-state index contributed by atoms with van der Waals surface area (Å²) in [5, 5.41) is 13.3. The number of nitrogens with one attached hydrogen (secondary N) is 2. The van der Waals surface area contributed by atoms with Crippen LogP contribution < -0.4 is 10.6 Å². The number of hydrogen-bond acceptors (Lipinski definition) is 6. The van der Waals surface area contributed by atoms with Gasteiger partial charge in [-0.1, -0.05) is 18.1 Å². The smallest absolute Gasteiger partial charge is 0.316 e. The lowest BCUT2D eigenvalue weighted by Crippen LogP contribution is -2.02. The Morgan fingerprint density at radius 3 is 2.48 bits per heavy atom. The van der Waals surface area contributed by atoms with Crippen molar-refractivity contribution in [2.45, 2.75) is 26.8 Å². The molecular weight excluding hydrogens is 409 g/mol. The van der Waals surface area contributed by atoms with Gasteiger partial charge in [-0.15, -0.1) is 5.10 Å². The Morgan fingerprint density at radius 1 is 0.935 bits per heavy atom. The Hall–Kier alpha value is -3.75. The second-order valence-electron chi connectivity index (χ2n) is 6.85. The van der Waals surface area contributed by atoms with Gasteiger partial charge in [0.05, 0.1) is 23.5 Å². The highest BCUT2D eigenvalue weighted by atomic mass is 19.2. The minimum Gasteiger partial charge on any atom is -0.465 e. The van der Waals surface area contributed by atoms with Crippen LogP contribution in [0.1, 0.15) is 24.0 Å². The van der Waals surface area contributed by atoms with E-state index in [1.807, 2.05) is 19.9 Å². The van der Waals surface area contributed by atoms with E-state index in [1.165, 1.54) is 18.2 Å². The van der Waals surface area contributed by atoms with Crippen LogP contribution in [0.4, 0.5) is 30.6 Å². The van der Waals surface area contributed by atoms with Gasteiger partial charge in [0, 0.05) is 0 Å². The maximum atomic E-state index is 14.6. The molecule has 2 aromatic heterocycles.